The molecule has 140 valence electrons. The lowest BCUT2D eigenvalue weighted by molar-refractivity contribution is -0.145. The maximum Gasteiger partial charge on any atom is 0.262 e. The van der Waals surface area contributed by atoms with Crippen molar-refractivity contribution in [3.63, 3.8) is 0 Å². The van der Waals surface area contributed by atoms with Crippen LogP contribution >= 0.6 is 23.2 Å². The van der Waals surface area contributed by atoms with Crippen LogP contribution in [0.3, 0.4) is 0 Å². The number of halogens is 2. The van der Waals surface area contributed by atoms with Crippen molar-refractivity contribution in [1.29, 1.82) is 0 Å². The topological polar surface area (TPSA) is 49.9 Å². The second kappa shape index (κ2) is 6.82. The molecular formula is C20H18Cl2N2O3. The molecule has 2 saturated heterocycles. The fourth-order valence-corrected chi connectivity index (χ4v) is 4.32. The van der Waals surface area contributed by atoms with Crippen LogP contribution in [0.5, 0.6) is 0 Å². The summed E-state index contributed by atoms with van der Waals surface area (Å²) in [6.07, 6.45) is -0.864. The average Bonchev–Trinajstić information content (AvgIpc) is 3.12. The molecule has 5 nitrogen and oxygen atoms in total. The van der Waals surface area contributed by atoms with Crippen LogP contribution in [-0.2, 0) is 14.4 Å². The van der Waals surface area contributed by atoms with Gasteiger partial charge in [0.1, 0.15) is 5.92 Å². The van der Waals surface area contributed by atoms with E-state index in [2.05, 4.69) is 0 Å². The first-order valence-electron chi connectivity index (χ1n) is 8.73. The number of para-hydroxylation sites is 1. The molecule has 0 spiro atoms. The minimum Gasteiger partial charge on any atom is -0.277 e. The zero-order chi connectivity index (χ0) is 19.3. The number of nitrogens with zero attached hydrogens (tertiary/aromatic N) is 2. The number of rotatable bonds is 3. The zero-order valence-electron chi connectivity index (χ0n) is 14.8. The predicted molar refractivity (Wildman–Crippen MR) is 103 cm³/mol. The van der Waals surface area contributed by atoms with E-state index in [1.807, 2.05) is 44.2 Å². The molecule has 7 heteroatoms. The number of amides is 2. The highest BCUT2D eigenvalue weighted by molar-refractivity contribution is 6.35. The summed E-state index contributed by atoms with van der Waals surface area (Å²) in [5.74, 6) is -1.22. The van der Waals surface area contributed by atoms with Gasteiger partial charge in [0, 0.05) is 16.1 Å². The van der Waals surface area contributed by atoms with E-state index in [-0.39, 0.29) is 17.9 Å². The summed E-state index contributed by atoms with van der Waals surface area (Å²) in [6.45, 7) is 3.63. The molecule has 0 aliphatic carbocycles. The maximum atomic E-state index is 13.1. The van der Waals surface area contributed by atoms with Crippen molar-refractivity contribution in [3.8, 4) is 0 Å². The van der Waals surface area contributed by atoms with Crippen LogP contribution < -0.4 is 5.06 Å². The van der Waals surface area contributed by atoms with Crippen LogP contribution in [0.2, 0.25) is 10.0 Å². The summed E-state index contributed by atoms with van der Waals surface area (Å²) in [5, 5.41) is 2.56. The Hall–Kier alpha value is -2.08. The highest BCUT2D eigenvalue weighted by atomic mass is 35.5. The van der Waals surface area contributed by atoms with E-state index in [1.165, 1.54) is 4.90 Å². The molecule has 0 unspecified atom stereocenters. The number of hydrogen-bond donors (Lipinski definition) is 0. The number of hydrogen-bond acceptors (Lipinski definition) is 4. The number of benzene rings is 2. The Kier molecular flexibility index (Phi) is 4.62. The van der Waals surface area contributed by atoms with Crippen molar-refractivity contribution < 1.29 is 14.4 Å². The Bertz CT molecular complexity index is 903. The van der Waals surface area contributed by atoms with E-state index in [4.69, 9.17) is 28.0 Å². The smallest absolute Gasteiger partial charge is 0.262 e. The first-order chi connectivity index (χ1) is 12.9. The third-order valence-electron chi connectivity index (χ3n) is 4.96. The summed E-state index contributed by atoms with van der Waals surface area (Å²) >= 11 is 12.5. The van der Waals surface area contributed by atoms with Gasteiger partial charge in [0.15, 0.2) is 6.10 Å². The van der Waals surface area contributed by atoms with Crippen LogP contribution in [-0.4, -0.2) is 28.9 Å². The molecule has 0 bridgehead atoms. The molecule has 2 aliphatic heterocycles. The molecule has 27 heavy (non-hydrogen) atoms. The van der Waals surface area contributed by atoms with E-state index < -0.39 is 18.1 Å². The fourth-order valence-electron chi connectivity index (χ4n) is 3.80. The van der Waals surface area contributed by atoms with E-state index in [0.717, 1.165) is 5.69 Å². The number of likely N-dealkylation sites (tertiary alicyclic amines) is 1. The van der Waals surface area contributed by atoms with Crippen LogP contribution in [0, 0.1) is 5.92 Å². The molecule has 2 aliphatic rings. The van der Waals surface area contributed by atoms with Gasteiger partial charge in [-0.1, -0.05) is 47.5 Å². The summed E-state index contributed by atoms with van der Waals surface area (Å²) in [5.41, 5.74) is 1.45. The van der Waals surface area contributed by atoms with Gasteiger partial charge in [-0.3, -0.25) is 19.3 Å². The lowest BCUT2D eigenvalue weighted by Crippen LogP contribution is -2.41. The maximum absolute atomic E-state index is 13.1. The second-order valence-electron chi connectivity index (χ2n) is 6.96. The number of fused-ring (bicyclic) bond motifs is 1. The minimum absolute atomic E-state index is 0.231. The van der Waals surface area contributed by atoms with Gasteiger partial charge in [-0.25, -0.2) is 5.06 Å². The van der Waals surface area contributed by atoms with E-state index in [1.54, 1.807) is 23.3 Å². The molecule has 2 aromatic rings. The van der Waals surface area contributed by atoms with Crippen LogP contribution in [0.25, 0.3) is 0 Å². The molecular weight excluding hydrogens is 387 g/mol. The molecule has 3 atom stereocenters. The number of imide groups is 1. The highest BCUT2D eigenvalue weighted by Crippen LogP contribution is 2.48. The van der Waals surface area contributed by atoms with Gasteiger partial charge < -0.3 is 0 Å². The summed E-state index contributed by atoms with van der Waals surface area (Å²) < 4.78 is 0. The van der Waals surface area contributed by atoms with Crippen molar-refractivity contribution in [2.45, 2.75) is 32.0 Å². The predicted octanol–water partition coefficient (Wildman–Crippen LogP) is 4.25. The fraction of sp³-hybridized carbons (Fsp3) is 0.300. The number of anilines is 1. The molecule has 2 fully saturated rings. The SMILES string of the molecule is CC(C)N1C(=O)[C@@H]2[C@@H](c3ccc(Cl)cc3Cl)N(c3ccccc3)O[C@H]2C1=O. The van der Waals surface area contributed by atoms with Crippen molar-refractivity contribution in [3.05, 3.63) is 64.1 Å². The van der Waals surface area contributed by atoms with Crippen LogP contribution in [0.15, 0.2) is 48.5 Å². The number of hydroxylamine groups is 1. The van der Waals surface area contributed by atoms with Gasteiger partial charge in [0.2, 0.25) is 5.91 Å². The quantitative estimate of drug-likeness (QED) is 0.717. The number of carbonyl (C=O) groups is 2. The average molecular weight is 405 g/mol. The van der Waals surface area contributed by atoms with Crippen molar-refractivity contribution in [2.75, 3.05) is 5.06 Å². The van der Waals surface area contributed by atoms with Gasteiger partial charge in [-0.05, 0) is 43.7 Å². The zero-order valence-corrected chi connectivity index (χ0v) is 16.3. The Morgan fingerprint density at radius 3 is 2.33 bits per heavy atom. The molecule has 0 radical (unpaired) electrons. The van der Waals surface area contributed by atoms with Crippen molar-refractivity contribution in [1.82, 2.24) is 4.90 Å². The molecule has 2 amide bonds. The molecule has 2 heterocycles. The summed E-state index contributed by atoms with van der Waals surface area (Å²) in [7, 11) is 0. The standard InChI is InChI=1S/C20H18Cl2N2O3/c1-11(2)23-19(25)16-17(14-9-8-12(21)10-15(14)22)24(27-18(16)20(23)26)13-6-4-3-5-7-13/h3-11,16-18H,1-2H3/t16-,17-,18-/m1/s1. The molecule has 0 aromatic heterocycles. The van der Waals surface area contributed by atoms with E-state index in [9.17, 15) is 9.59 Å². The first kappa shape index (κ1) is 18.3. The largest absolute Gasteiger partial charge is 0.277 e. The van der Waals surface area contributed by atoms with Gasteiger partial charge in [-0.2, -0.15) is 0 Å². The molecule has 4 rings (SSSR count). The molecule has 0 saturated carbocycles. The lowest BCUT2D eigenvalue weighted by Gasteiger charge is -2.30. The third-order valence-corrected chi connectivity index (χ3v) is 5.52. The van der Waals surface area contributed by atoms with E-state index in [0.29, 0.717) is 15.6 Å². The summed E-state index contributed by atoms with van der Waals surface area (Å²) in [6, 6.07) is 13.8. The van der Waals surface area contributed by atoms with Crippen LogP contribution in [0.4, 0.5) is 5.69 Å². The lowest BCUT2D eigenvalue weighted by atomic mass is 9.90. The molecule has 2 aromatic carbocycles. The first-order valence-corrected chi connectivity index (χ1v) is 9.48. The summed E-state index contributed by atoms with van der Waals surface area (Å²) in [4.78, 5) is 33.2. The number of carbonyl (C=O) groups excluding carboxylic acids is 2. The Morgan fingerprint density at radius 2 is 1.70 bits per heavy atom. The highest BCUT2D eigenvalue weighted by Gasteiger charge is 2.60. The van der Waals surface area contributed by atoms with Gasteiger partial charge in [0.05, 0.1) is 11.7 Å². The Balaban J connectivity index is 1.84. The van der Waals surface area contributed by atoms with Gasteiger partial charge in [-0.15, -0.1) is 0 Å². The van der Waals surface area contributed by atoms with Gasteiger partial charge in [0.25, 0.3) is 5.91 Å². The monoisotopic (exact) mass is 404 g/mol. The normalized spacial score (nSPS) is 24.9. The van der Waals surface area contributed by atoms with Crippen molar-refractivity contribution in [2.24, 2.45) is 5.92 Å². The third kappa shape index (κ3) is 2.90. The minimum atomic E-state index is -0.864. The Labute approximate surface area is 167 Å². The van der Waals surface area contributed by atoms with Crippen LogP contribution in [0.1, 0.15) is 25.5 Å². The van der Waals surface area contributed by atoms with Gasteiger partial charge >= 0.3 is 0 Å². The van der Waals surface area contributed by atoms with E-state index >= 15 is 0 Å². The Morgan fingerprint density at radius 1 is 1.00 bits per heavy atom. The molecule has 0 N–H and O–H groups in total. The van der Waals surface area contributed by atoms with Crippen molar-refractivity contribution >= 4 is 40.7 Å². The second-order valence-corrected chi connectivity index (χ2v) is 7.81.